The zero-order valence-electron chi connectivity index (χ0n) is 13.2. The largest absolute Gasteiger partial charge is 0.358 e. The topological polar surface area (TPSA) is 54.9 Å². The first-order valence-electron chi connectivity index (χ1n) is 7.30. The molecule has 0 aliphatic heterocycles. The van der Waals surface area contributed by atoms with Crippen molar-refractivity contribution < 1.29 is 4.79 Å². The molecule has 0 spiro atoms. The second-order valence-corrected chi connectivity index (χ2v) is 7.51. The molecule has 3 aromatic rings. The zero-order valence-corrected chi connectivity index (χ0v) is 14.8. The first kappa shape index (κ1) is 16.0. The normalized spacial score (nSPS) is 12.3. The van der Waals surface area contributed by atoms with Crippen LogP contribution in [0.5, 0.6) is 0 Å². The number of carbonyl (C=O) groups excluding carboxylic acids is 1. The molecule has 2 heterocycles. The molecule has 1 aromatic carbocycles. The molecule has 0 saturated carbocycles. The number of benzene rings is 1. The van der Waals surface area contributed by atoms with Gasteiger partial charge in [-0.15, -0.1) is 11.3 Å². The lowest BCUT2D eigenvalue weighted by Crippen LogP contribution is -2.27. The maximum Gasteiger partial charge on any atom is 0.233 e. The lowest BCUT2D eigenvalue weighted by Gasteiger charge is -2.09. The van der Waals surface area contributed by atoms with Crippen molar-refractivity contribution in [1.29, 1.82) is 0 Å². The highest BCUT2D eigenvalue weighted by atomic mass is 32.2. The molecule has 0 unspecified atom stereocenters. The number of fused-ring (bicyclic) bond motifs is 1. The number of nitrogens with zero attached hydrogens (tertiary/aromatic N) is 2. The molecule has 118 valence electrons. The van der Waals surface area contributed by atoms with Gasteiger partial charge in [0.2, 0.25) is 5.91 Å². The summed E-state index contributed by atoms with van der Waals surface area (Å²) in [4.78, 5) is 23.0. The number of amides is 1. The Kier molecular flexibility index (Phi) is 4.63. The quantitative estimate of drug-likeness (QED) is 0.577. The van der Waals surface area contributed by atoms with Gasteiger partial charge < -0.3 is 5.32 Å². The van der Waals surface area contributed by atoms with Gasteiger partial charge in [0.15, 0.2) is 0 Å². The average molecular weight is 343 g/mol. The zero-order chi connectivity index (χ0) is 16.4. The van der Waals surface area contributed by atoms with Gasteiger partial charge in [-0.3, -0.25) is 4.79 Å². The summed E-state index contributed by atoms with van der Waals surface area (Å²) in [5, 5.41) is 4.36. The Morgan fingerprint density at radius 3 is 2.70 bits per heavy atom. The highest BCUT2D eigenvalue weighted by Crippen LogP contribution is 2.37. The van der Waals surface area contributed by atoms with Gasteiger partial charge in [-0.1, -0.05) is 42.1 Å². The predicted molar refractivity (Wildman–Crippen MR) is 97.0 cm³/mol. The van der Waals surface area contributed by atoms with E-state index >= 15 is 0 Å². The molecule has 2 aromatic heterocycles. The monoisotopic (exact) mass is 343 g/mol. The molecule has 0 fully saturated rings. The summed E-state index contributed by atoms with van der Waals surface area (Å²) in [6.45, 7) is 3.77. The predicted octanol–water partition coefficient (Wildman–Crippen LogP) is 3.89. The van der Waals surface area contributed by atoms with Crippen molar-refractivity contribution in [2.75, 3.05) is 7.05 Å². The summed E-state index contributed by atoms with van der Waals surface area (Å²) < 4.78 is 0. The van der Waals surface area contributed by atoms with Crippen LogP contribution in [0.15, 0.2) is 41.4 Å². The third kappa shape index (κ3) is 3.38. The van der Waals surface area contributed by atoms with Crippen molar-refractivity contribution in [3.8, 4) is 10.4 Å². The summed E-state index contributed by atoms with van der Waals surface area (Å²) in [5.41, 5.74) is 1.17. The van der Waals surface area contributed by atoms with E-state index in [1.165, 1.54) is 17.3 Å². The van der Waals surface area contributed by atoms with Crippen molar-refractivity contribution in [2.45, 2.75) is 24.1 Å². The van der Waals surface area contributed by atoms with E-state index in [1.807, 2.05) is 32.0 Å². The molecule has 6 heteroatoms. The van der Waals surface area contributed by atoms with E-state index in [0.717, 1.165) is 25.9 Å². The van der Waals surface area contributed by atoms with E-state index in [-0.39, 0.29) is 11.2 Å². The Morgan fingerprint density at radius 2 is 2.00 bits per heavy atom. The number of thiophene rings is 1. The van der Waals surface area contributed by atoms with Crippen LogP contribution in [0.3, 0.4) is 0 Å². The summed E-state index contributed by atoms with van der Waals surface area (Å²) in [7, 11) is 1.65. The molecule has 0 aliphatic carbocycles. The number of nitrogens with one attached hydrogen (secondary N) is 1. The fraction of sp³-hybridized carbons (Fsp3) is 0.235. The van der Waals surface area contributed by atoms with Crippen LogP contribution < -0.4 is 5.32 Å². The van der Waals surface area contributed by atoms with Gasteiger partial charge in [0.05, 0.1) is 5.25 Å². The van der Waals surface area contributed by atoms with Crippen LogP contribution in [0, 0.1) is 6.92 Å². The maximum absolute atomic E-state index is 11.8. The Hall–Kier alpha value is -1.92. The van der Waals surface area contributed by atoms with E-state index < -0.39 is 0 Å². The summed E-state index contributed by atoms with van der Waals surface area (Å²) in [6, 6.07) is 12.4. The van der Waals surface area contributed by atoms with Gasteiger partial charge in [-0.25, -0.2) is 9.97 Å². The van der Waals surface area contributed by atoms with Crippen molar-refractivity contribution in [1.82, 2.24) is 15.3 Å². The molecule has 23 heavy (non-hydrogen) atoms. The molecule has 1 N–H and O–H groups in total. The van der Waals surface area contributed by atoms with Crippen LogP contribution in [0.2, 0.25) is 0 Å². The molecule has 0 bridgehead atoms. The Bertz CT molecular complexity index is 846. The number of thioether (sulfide) groups is 1. The smallest absolute Gasteiger partial charge is 0.233 e. The van der Waals surface area contributed by atoms with Gasteiger partial charge in [-0.2, -0.15) is 0 Å². The summed E-state index contributed by atoms with van der Waals surface area (Å²) in [6.07, 6.45) is 0. The highest BCUT2D eigenvalue weighted by molar-refractivity contribution is 8.00. The molecule has 1 atom stereocenters. The number of carbonyl (C=O) groups is 1. The average Bonchev–Trinajstić information content (AvgIpc) is 2.98. The number of hydrogen-bond acceptors (Lipinski definition) is 5. The molecular weight excluding hydrogens is 326 g/mol. The molecule has 0 saturated heterocycles. The molecule has 1 amide bonds. The first-order valence-corrected chi connectivity index (χ1v) is 9.00. The van der Waals surface area contributed by atoms with Gasteiger partial charge in [0.25, 0.3) is 0 Å². The number of rotatable bonds is 4. The van der Waals surface area contributed by atoms with E-state index in [0.29, 0.717) is 0 Å². The Balaban J connectivity index is 2.04. The summed E-state index contributed by atoms with van der Waals surface area (Å²) in [5.74, 6) is 0.725. The van der Waals surface area contributed by atoms with E-state index in [4.69, 9.17) is 0 Å². The summed E-state index contributed by atoms with van der Waals surface area (Å²) >= 11 is 3.13. The maximum atomic E-state index is 11.8. The number of hydrogen-bond donors (Lipinski definition) is 1. The Labute approximate surface area is 143 Å². The van der Waals surface area contributed by atoms with Crippen LogP contribution >= 0.6 is 23.1 Å². The SMILES string of the molecule is CNC(=O)[C@H](C)Sc1nc(C)nc2sc(-c3ccccc3)cc12. The molecule has 3 rings (SSSR count). The molecule has 0 aliphatic rings. The molecule has 0 radical (unpaired) electrons. The fourth-order valence-corrected chi connectivity index (χ4v) is 4.43. The van der Waals surface area contributed by atoms with Gasteiger partial charge in [0, 0.05) is 17.3 Å². The molecular formula is C17H17N3OS2. The number of aryl methyl sites for hydroxylation is 1. The van der Waals surface area contributed by atoms with E-state index in [2.05, 4.69) is 33.5 Å². The second kappa shape index (κ2) is 6.68. The van der Waals surface area contributed by atoms with Crippen molar-refractivity contribution in [3.63, 3.8) is 0 Å². The third-order valence-corrected chi connectivity index (χ3v) is 5.61. The first-order chi connectivity index (χ1) is 11.1. The number of aromatic nitrogens is 2. The fourth-order valence-electron chi connectivity index (χ4n) is 2.26. The lowest BCUT2D eigenvalue weighted by molar-refractivity contribution is -0.119. The van der Waals surface area contributed by atoms with Crippen LogP contribution in [0.25, 0.3) is 20.7 Å². The van der Waals surface area contributed by atoms with Gasteiger partial charge >= 0.3 is 0 Å². The van der Waals surface area contributed by atoms with Crippen molar-refractivity contribution >= 4 is 39.2 Å². The van der Waals surface area contributed by atoms with Crippen molar-refractivity contribution in [3.05, 3.63) is 42.2 Å². The van der Waals surface area contributed by atoms with E-state index in [9.17, 15) is 4.79 Å². The lowest BCUT2D eigenvalue weighted by atomic mass is 10.2. The third-order valence-electron chi connectivity index (χ3n) is 3.43. The highest BCUT2D eigenvalue weighted by Gasteiger charge is 2.18. The standard InChI is InChI=1S/C17H17N3OS2/c1-10(15(21)18-3)22-16-13-9-14(12-7-5-4-6-8-12)23-17(13)20-11(2)19-16/h4-10H,1-3H3,(H,18,21)/t10-/m0/s1. The minimum absolute atomic E-state index is 0.00192. The minimum Gasteiger partial charge on any atom is -0.358 e. The Morgan fingerprint density at radius 1 is 1.26 bits per heavy atom. The van der Waals surface area contributed by atoms with Crippen molar-refractivity contribution in [2.24, 2.45) is 0 Å². The van der Waals surface area contributed by atoms with Crippen LogP contribution in [0.4, 0.5) is 0 Å². The van der Waals surface area contributed by atoms with Gasteiger partial charge in [-0.05, 0) is 25.5 Å². The van der Waals surface area contributed by atoms with Crippen LogP contribution in [-0.4, -0.2) is 28.2 Å². The molecule has 4 nitrogen and oxygen atoms in total. The van der Waals surface area contributed by atoms with E-state index in [1.54, 1.807) is 18.4 Å². The second-order valence-electron chi connectivity index (χ2n) is 5.15. The minimum atomic E-state index is -0.197. The van der Waals surface area contributed by atoms with Crippen LogP contribution in [0.1, 0.15) is 12.7 Å². The van der Waals surface area contributed by atoms with Crippen LogP contribution in [-0.2, 0) is 4.79 Å². The van der Waals surface area contributed by atoms with Gasteiger partial charge in [0.1, 0.15) is 15.7 Å².